The summed E-state index contributed by atoms with van der Waals surface area (Å²) >= 11 is 12.0. The molecule has 2 rings (SSSR count). The second kappa shape index (κ2) is 8.71. The molecule has 1 aromatic rings. The van der Waals surface area contributed by atoms with Crippen LogP contribution in [0.4, 0.5) is 0 Å². The number of sulfonamides is 1. The fourth-order valence-corrected chi connectivity index (χ4v) is 4.99. The average molecular weight is 407 g/mol. The fourth-order valence-electron chi connectivity index (χ4n) is 2.80. The third-order valence-electron chi connectivity index (χ3n) is 4.50. The van der Waals surface area contributed by atoms with Gasteiger partial charge in [-0.1, -0.05) is 36.2 Å². The van der Waals surface area contributed by atoms with E-state index < -0.39 is 10.0 Å². The molecule has 25 heavy (non-hydrogen) atoms. The van der Waals surface area contributed by atoms with Crippen LogP contribution < -0.4 is 5.32 Å². The summed E-state index contributed by atoms with van der Waals surface area (Å²) in [6.07, 6.45) is 2.22. The zero-order chi connectivity index (χ0) is 18.6. The molecule has 1 amide bonds. The van der Waals surface area contributed by atoms with Gasteiger partial charge in [-0.15, -0.1) is 0 Å². The van der Waals surface area contributed by atoms with Crippen molar-refractivity contribution < 1.29 is 13.2 Å². The molecule has 1 fully saturated rings. The van der Waals surface area contributed by atoms with Gasteiger partial charge in [-0.25, -0.2) is 12.7 Å². The number of hydrogen-bond acceptors (Lipinski definition) is 3. The Hall–Kier alpha value is -0.820. The molecule has 1 aliphatic rings. The van der Waals surface area contributed by atoms with Gasteiger partial charge in [0.2, 0.25) is 15.9 Å². The molecule has 8 heteroatoms. The van der Waals surface area contributed by atoms with Crippen LogP contribution in [0, 0.1) is 5.92 Å². The molecule has 2 atom stereocenters. The van der Waals surface area contributed by atoms with E-state index in [0.29, 0.717) is 35.0 Å². The summed E-state index contributed by atoms with van der Waals surface area (Å²) in [5.74, 6) is -0.570. The third-order valence-corrected chi connectivity index (χ3v) is 6.88. The zero-order valence-electron chi connectivity index (χ0n) is 14.5. The molecule has 0 aliphatic carbocycles. The van der Waals surface area contributed by atoms with Crippen LogP contribution in [0.2, 0.25) is 10.0 Å². The van der Waals surface area contributed by atoms with E-state index in [-0.39, 0.29) is 30.2 Å². The predicted molar refractivity (Wildman–Crippen MR) is 101 cm³/mol. The van der Waals surface area contributed by atoms with E-state index in [1.807, 2.05) is 13.8 Å². The Labute approximate surface area is 159 Å². The molecule has 0 spiro atoms. The number of nitrogens with zero attached hydrogens (tertiary/aromatic N) is 1. The van der Waals surface area contributed by atoms with Gasteiger partial charge >= 0.3 is 0 Å². The highest BCUT2D eigenvalue weighted by molar-refractivity contribution is 7.88. The van der Waals surface area contributed by atoms with Gasteiger partial charge in [0.1, 0.15) is 0 Å². The molecular formula is C17H24Cl2N2O3S. The van der Waals surface area contributed by atoms with Gasteiger partial charge in [0.15, 0.2) is 0 Å². The predicted octanol–water partition coefficient (Wildman–Crippen LogP) is 3.45. The molecule has 1 aliphatic heterocycles. The molecule has 0 bridgehead atoms. The second-order valence-electron chi connectivity index (χ2n) is 6.51. The van der Waals surface area contributed by atoms with Gasteiger partial charge in [-0.05, 0) is 43.9 Å². The molecular weight excluding hydrogens is 383 g/mol. The van der Waals surface area contributed by atoms with Crippen molar-refractivity contribution in [3.8, 4) is 0 Å². The van der Waals surface area contributed by atoms with Crippen molar-refractivity contribution in [1.29, 1.82) is 0 Å². The second-order valence-corrected chi connectivity index (χ2v) is 9.32. The molecule has 1 saturated heterocycles. The van der Waals surface area contributed by atoms with E-state index in [2.05, 4.69) is 5.32 Å². The summed E-state index contributed by atoms with van der Waals surface area (Å²) in [6, 6.07) is 4.87. The molecule has 0 aromatic heterocycles. The number of rotatable bonds is 6. The molecule has 1 aromatic carbocycles. The summed E-state index contributed by atoms with van der Waals surface area (Å²) in [5, 5.41) is 3.74. The maximum Gasteiger partial charge on any atom is 0.224 e. The smallest absolute Gasteiger partial charge is 0.224 e. The summed E-state index contributed by atoms with van der Waals surface area (Å²) in [5.41, 5.74) is 0.511. The Balaban J connectivity index is 2.07. The number of carbonyl (C=O) groups is 1. The maximum atomic E-state index is 12.7. The lowest BCUT2D eigenvalue weighted by molar-refractivity contribution is -0.126. The molecule has 1 heterocycles. The number of carbonyl (C=O) groups excluding carboxylic acids is 1. The highest BCUT2D eigenvalue weighted by Crippen LogP contribution is 2.26. The van der Waals surface area contributed by atoms with Crippen LogP contribution in [-0.4, -0.2) is 37.8 Å². The largest absolute Gasteiger partial charge is 0.353 e. The highest BCUT2D eigenvalue weighted by atomic mass is 35.5. The first kappa shape index (κ1) is 20.5. The van der Waals surface area contributed by atoms with Crippen LogP contribution in [0.15, 0.2) is 18.2 Å². The van der Waals surface area contributed by atoms with Crippen LogP contribution in [-0.2, 0) is 20.6 Å². The van der Waals surface area contributed by atoms with Gasteiger partial charge in [0.25, 0.3) is 0 Å². The van der Waals surface area contributed by atoms with Crippen molar-refractivity contribution in [2.45, 2.75) is 44.9 Å². The third kappa shape index (κ3) is 5.58. The first-order valence-electron chi connectivity index (χ1n) is 8.45. The van der Waals surface area contributed by atoms with Crippen LogP contribution in [0.3, 0.4) is 0 Å². The number of piperidine rings is 1. The maximum absolute atomic E-state index is 12.7. The number of halogens is 2. The SMILES string of the molecule is CCC(C)NC(=O)C1CCCN(S(=O)(=O)Cc2ccc(Cl)cc2Cl)C1. The topological polar surface area (TPSA) is 66.5 Å². The zero-order valence-corrected chi connectivity index (χ0v) is 16.8. The van der Waals surface area contributed by atoms with Crippen molar-refractivity contribution in [3.05, 3.63) is 33.8 Å². The lowest BCUT2D eigenvalue weighted by Crippen LogP contribution is -2.47. The van der Waals surface area contributed by atoms with Crippen molar-refractivity contribution in [3.63, 3.8) is 0 Å². The molecule has 0 saturated carbocycles. The number of hydrogen-bond donors (Lipinski definition) is 1. The highest BCUT2D eigenvalue weighted by Gasteiger charge is 2.33. The Morgan fingerprint density at radius 1 is 1.40 bits per heavy atom. The van der Waals surface area contributed by atoms with E-state index in [1.165, 1.54) is 10.4 Å². The first-order chi connectivity index (χ1) is 11.7. The minimum absolute atomic E-state index is 0.0706. The molecule has 5 nitrogen and oxygen atoms in total. The minimum atomic E-state index is -3.55. The minimum Gasteiger partial charge on any atom is -0.353 e. The van der Waals surface area contributed by atoms with Gasteiger partial charge in [0.05, 0.1) is 11.7 Å². The first-order valence-corrected chi connectivity index (χ1v) is 10.8. The van der Waals surface area contributed by atoms with Gasteiger partial charge in [-0.2, -0.15) is 0 Å². The summed E-state index contributed by atoms with van der Waals surface area (Å²) in [7, 11) is -3.55. The number of amides is 1. The van der Waals surface area contributed by atoms with E-state index in [1.54, 1.807) is 12.1 Å². The monoisotopic (exact) mass is 406 g/mol. The van der Waals surface area contributed by atoms with Crippen molar-refractivity contribution in [1.82, 2.24) is 9.62 Å². The van der Waals surface area contributed by atoms with E-state index >= 15 is 0 Å². The lowest BCUT2D eigenvalue weighted by atomic mass is 9.98. The van der Waals surface area contributed by atoms with Gasteiger partial charge in [0, 0.05) is 29.2 Å². The van der Waals surface area contributed by atoms with E-state index in [4.69, 9.17) is 23.2 Å². The normalized spacial score (nSPS) is 20.2. The van der Waals surface area contributed by atoms with E-state index in [0.717, 1.165) is 6.42 Å². The molecule has 1 N–H and O–H groups in total. The summed E-state index contributed by atoms with van der Waals surface area (Å²) in [4.78, 5) is 12.3. The molecule has 140 valence electrons. The summed E-state index contributed by atoms with van der Waals surface area (Å²) < 4.78 is 26.9. The fraction of sp³-hybridized carbons (Fsp3) is 0.588. The van der Waals surface area contributed by atoms with Crippen molar-refractivity contribution >= 4 is 39.1 Å². The van der Waals surface area contributed by atoms with Crippen LogP contribution in [0.25, 0.3) is 0 Å². The Morgan fingerprint density at radius 2 is 2.12 bits per heavy atom. The standard InChI is InChI=1S/C17H24Cl2N2O3S/c1-3-12(2)20-17(22)13-5-4-8-21(10-13)25(23,24)11-14-6-7-15(18)9-16(14)19/h6-7,9,12-13H,3-5,8,10-11H2,1-2H3,(H,20,22). The number of benzene rings is 1. The van der Waals surface area contributed by atoms with Crippen molar-refractivity contribution in [2.75, 3.05) is 13.1 Å². The Morgan fingerprint density at radius 3 is 2.76 bits per heavy atom. The van der Waals surface area contributed by atoms with Crippen LogP contribution in [0.5, 0.6) is 0 Å². The Kier molecular flexibility index (Phi) is 7.14. The number of nitrogens with one attached hydrogen (secondary N) is 1. The van der Waals surface area contributed by atoms with E-state index in [9.17, 15) is 13.2 Å². The summed E-state index contributed by atoms with van der Waals surface area (Å²) in [6.45, 7) is 4.59. The average Bonchev–Trinajstić information content (AvgIpc) is 2.57. The van der Waals surface area contributed by atoms with Gasteiger partial charge in [-0.3, -0.25) is 4.79 Å². The quantitative estimate of drug-likeness (QED) is 0.786. The molecule has 2 unspecified atom stereocenters. The lowest BCUT2D eigenvalue weighted by Gasteiger charge is -2.32. The van der Waals surface area contributed by atoms with Crippen molar-refractivity contribution in [2.24, 2.45) is 5.92 Å². The van der Waals surface area contributed by atoms with Crippen LogP contribution in [0.1, 0.15) is 38.7 Å². The van der Waals surface area contributed by atoms with Crippen LogP contribution >= 0.6 is 23.2 Å². The Bertz CT molecular complexity index is 725. The van der Waals surface area contributed by atoms with Gasteiger partial charge < -0.3 is 5.32 Å². The molecule has 0 radical (unpaired) electrons.